The molecule has 0 atom stereocenters. The summed E-state index contributed by atoms with van der Waals surface area (Å²) in [5.74, 6) is -2.19. The molecule has 12 nitrogen and oxygen atoms in total. The standard InChI is InChI=1S/C30H23N5O7S/c1-18-4-8-22(16-25(18)34-30-32-14-12-24(33-30)21-3-2-13-31-17-21)35-43(40,41)27-15-20(29(38)39)7-11-26(27)42-23-9-5-19(6-10-23)28(36)37/h2-17,35H,1H3,(H,36,37)(H,38,39)(H,32,33,34). The number of ether oxygens (including phenoxy) is 1. The number of aryl methyl sites for hydroxylation is 1. The molecular formula is C30H23N5O7S. The van der Waals surface area contributed by atoms with E-state index in [2.05, 4.69) is 25.0 Å². The number of carboxylic acids is 2. The van der Waals surface area contributed by atoms with E-state index in [9.17, 15) is 23.1 Å². The van der Waals surface area contributed by atoms with Crippen LogP contribution in [0.2, 0.25) is 0 Å². The molecule has 0 fully saturated rings. The van der Waals surface area contributed by atoms with E-state index >= 15 is 0 Å². The van der Waals surface area contributed by atoms with E-state index in [4.69, 9.17) is 9.84 Å². The van der Waals surface area contributed by atoms with Gasteiger partial charge >= 0.3 is 11.9 Å². The summed E-state index contributed by atoms with van der Waals surface area (Å²) in [5.41, 5.74) is 2.66. The Morgan fingerprint density at radius 2 is 1.60 bits per heavy atom. The van der Waals surface area contributed by atoms with Crippen molar-refractivity contribution in [1.82, 2.24) is 15.0 Å². The molecule has 13 heteroatoms. The number of hydrogen-bond acceptors (Lipinski definition) is 9. The normalized spacial score (nSPS) is 11.0. The number of anilines is 3. The minimum atomic E-state index is -4.39. The number of hydrogen-bond donors (Lipinski definition) is 4. The topological polar surface area (TPSA) is 181 Å². The van der Waals surface area contributed by atoms with Gasteiger partial charge in [0, 0.05) is 29.8 Å². The minimum Gasteiger partial charge on any atom is -0.478 e. The predicted octanol–water partition coefficient (Wildman–Crippen LogP) is 5.58. The first-order chi connectivity index (χ1) is 20.6. The third kappa shape index (κ3) is 6.74. The highest BCUT2D eigenvalue weighted by Gasteiger charge is 2.23. The number of sulfonamides is 1. The summed E-state index contributed by atoms with van der Waals surface area (Å²) in [7, 11) is -4.39. The Morgan fingerprint density at radius 3 is 2.30 bits per heavy atom. The van der Waals surface area contributed by atoms with Gasteiger partial charge in [0.05, 0.1) is 22.5 Å². The number of nitrogens with zero attached hydrogens (tertiary/aromatic N) is 3. The monoisotopic (exact) mass is 597 g/mol. The Morgan fingerprint density at radius 1 is 0.860 bits per heavy atom. The summed E-state index contributed by atoms with van der Waals surface area (Å²) in [6.07, 6.45) is 4.92. The van der Waals surface area contributed by atoms with Crippen molar-refractivity contribution in [2.24, 2.45) is 0 Å². The smallest absolute Gasteiger partial charge is 0.335 e. The van der Waals surface area contributed by atoms with E-state index < -0.39 is 26.9 Å². The molecule has 0 saturated heterocycles. The molecule has 0 radical (unpaired) electrons. The van der Waals surface area contributed by atoms with Crippen LogP contribution in [0.3, 0.4) is 0 Å². The molecule has 3 aromatic carbocycles. The summed E-state index contributed by atoms with van der Waals surface area (Å²) in [6.45, 7) is 1.82. The Kier molecular flexibility index (Phi) is 7.98. The number of carbonyl (C=O) groups is 2. The number of benzene rings is 3. The average Bonchev–Trinajstić information content (AvgIpc) is 2.99. The van der Waals surface area contributed by atoms with Gasteiger partial charge in [0.25, 0.3) is 10.0 Å². The quantitative estimate of drug-likeness (QED) is 0.158. The predicted molar refractivity (Wildman–Crippen MR) is 157 cm³/mol. The first kappa shape index (κ1) is 28.7. The van der Waals surface area contributed by atoms with Crippen molar-refractivity contribution in [2.45, 2.75) is 11.8 Å². The molecule has 0 saturated carbocycles. The highest BCUT2D eigenvalue weighted by molar-refractivity contribution is 7.92. The molecule has 4 N–H and O–H groups in total. The van der Waals surface area contributed by atoms with E-state index in [1.165, 1.54) is 36.4 Å². The van der Waals surface area contributed by atoms with Gasteiger partial charge in [0.2, 0.25) is 5.95 Å². The molecule has 43 heavy (non-hydrogen) atoms. The summed E-state index contributed by atoms with van der Waals surface area (Å²) in [6, 6.07) is 18.9. The third-order valence-corrected chi connectivity index (χ3v) is 7.56. The van der Waals surface area contributed by atoms with Crippen LogP contribution >= 0.6 is 0 Å². The molecule has 0 amide bonds. The van der Waals surface area contributed by atoms with Crippen LogP contribution in [0.15, 0.2) is 102 Å². The summed E-state index contributed by atoms with van der Waals surface area (Å²) in [4.78, 5) is 35.2. The van der Waals surface area contributed by atoms with Gasteiger partial charge in [-0.05, 0) is 85.3 Å². The zero-order chi connectivity index (χ0) is 30.6. The van der Waals surface area contributed by atoms with Gasteiger partial charge in [0.1, 0.15) is 16.4 Å². The van der Waals surface area contributed by atoms with Gasteiger partial charge < -0.3 is 20.3 Å². The van der Waals surface area contributed by atoms with Crippen LogP contribution in [0, 0.1) is 6.92 Å². The molecule has 5 aromatic rings. The van der Waals surface area contributed by atoms with Crippen molar-refractivity contribution in [2.75, 3.05) is 10.0 Å². The van der Waals surface area contributed by atoms with Crippen molar-refractivity contribution >= 4 is 39.3 Å². The van der Waals surface area contributed by atoms with Crippen LogP contribution in [0.5, 0.6) is 11.5 Å². The first-order valence-corrected chi connectivity index (χ1v) is 14.1. The zero-order valence-corrected chi connectivity index (χ0v) is 23.2. The summed E-state index contributed by atoms with van der Waals surface area (Å²) in [5, 5.41) is 21.7. The van der Waals surface area contributed by atoms with Gasteiger partial charge in [-0.2, -0.15) is 0 Å². The second-order valence-corrected chi connectivity index (χ2v) is 10.8. The Balaban J connectivity index is 1.43. The van der Waals surface area contributed by atoms with Crippen molar-refractivity contribution in [1.29, 1.82) is 0 Å². The fourth-order valence-electron chi connectivity index (χ4n) is 3.97. The lowest BCUT2D eigenvalue weighted by Gasteiger charge is -2.16. The van der Waals surface area contributed by atoms with E-state index in [1.54, 1.807) is 48.9 Å². The third-order valence-electron chi connectivity index (χ3n) is 6.16. The molecule has 0 aliphatic rings. The van der Waals surface area contributed by atoms with Crippen molar-refractivity contribution in [3.8, 4) is 22.8 Å². The van der Waals surface area contributed by atoms with Crippen LogP contribution < -0.4 is 14.8 Å². The second-order valence-electron chi connectivity index (χ2n) is 9.17. The molecule has 5 rings (SSSR count). The van der Waals surface area contributed by atoms with Gasteiger partial charge in [0.15, 0.2) is 0 Å². The van der Waals surface area contributed by atoms with Crippen molar-refractivity contribution < 1.29 is 33.0 Å². The Bertz CT molecular complexity index is 1930. The average molecular weight is 598 g/mol. The van der Waals surface area contributed by atoms with E-state index in [1.807, 2.05) is 13.0 Å². The van der Waals surface area contributed by atoms with Gasteiger partial charge in [-0.15, -0.1) is 0 Å². The Hall–Kier alpha value is -5.82. The van der Waals surface area contributed by atoms with Gasteiger partial charge in [-0.3, -0.25) is 9.71 Å². The minimum absolute atomic E-state index is 0.0149. The van der Waals surface area contributed by atoms with Crippen molar-refractivity contribution in [3.05, 3.63) is 114 Å². The lowest BCUT2D eigenvalue weighted by molar-refractivity contribution is 0.0686. The first-order valence-electron chi connectivity index (χ1n) is 12.6. The molecule has 2 heterocycles. The number of aromatic carboxylic acids is 2. The molecule has 0 bridgehead atoms. The largest absolute Gasteiger partial charge is 0.478 e. The molecule has 0 unspecified atom stereocenters. The van der Waals surface area contributed by atoms with E-state index in [0.717, 1.165) is 17.2 Å². The lowest BCUT2D eigenvalue weighted by atomic mass is 10.2. The highest BCUT2D eigenvalue weighted by Crippen LogP contribution is 2.32. The number of carboxylic acid groups (broad SMARTS) is 2. The molecular weight excluding hydrogens is 574 g/mol. The van der Waals surface area contributed by atoms with Gasteiger partial charge in [-0.1, -0.05) is 6.07 Å². The zero-order valence-electron chi connectivity index (χ0n) is 22.4. The number of rotatable bonds is 10. The second kappa shape index (κ2) is 12.0. The van der Waals surface area contributed by atoms with Crippen LogP contribution in [0.1, 0.15) is 26.3 Å². The molecule has 216 valence electrons. The van der Waals surface area contributed by atoms with E-state index in [0.29, 0.717) is 11.4 Å². The maximum atomic E-state index is 13.6. The molecule has 0 aliphatic carbocycles. The SMILES string of the molecule is Cc1ccc(NS(=O)(=O)c2cc(C(=O)O)ccc2Oc2ccc(C(=O)O)cc2)cc1Nc1nccc(-c2cccnc2)n1. The maximum absolute atomic E-state index is 13.6. The molecule has 2 aromatic heterocycles. The molecule has 0 aliphatic heterocycles. The number of aromatic nitrogens is 3. The van der Waals surface area contributed by atoms with E-state index in [-0.39, 0.29) is 34.3 Å². The van der Waals surface area contributed by atoms with Crippen LogP contribution in [0.4, 0.5) is 17.3 Å². The molecule has 0 spiro atoms. The fraction of sp³-hybridized carbons (Fsp3) is 0.0333. The summed E-state index contributed by atoms with van der Waals surface area (Å²) < 4.78 is 35.4. The van der Waals surface area contributed by atoms with Crippen LogP contribution in [0.25, 0.3) is 11.3 Å². The fourth-order valence-corrected chi connectivity index (χ4v) is 5.18. The number of pyridine rings is 1. The Labute approximate surface area is 245 Å². The highest BCUT2D eigenvalue weighted by atomic mass is 32.2. The van der Waals surface area contributed by atoms with Crippen LogP contribution in [-0.2, 0) is 10.0 Å². The van der Waals surface area contributed by atoms with Gasteiger partial charge in [-0.25, -0.2) is 28.0 Å². The van der Waals surface area contributed by atoms with Crippen molar-refractivity contribution in [3.63, 3.8) is 0 Å². The lowest BCUT2D eigenvalue weighted by Crippen LogP contribution is -2.15. The maximum Gasteiger partial charge on any atom is 0.335 e. The van der Waals surface area contributed by atoms with Crippen LogP contribution in [-0.4, -0.2) is 45.5 Å². The summed E-state index contributed by atoms with van der Waals surface area (Å²) >= 11 is 0. The number of nitrogens with one attached hydrogen (secondary N) is 2.